The smallest absolute Gasteiger partial charge is 0.0485 e. The fourth-order valence-corrected chi connectivity index (χ4v) is 6.80. The molecule has 0 unspecified atom stereocenters. The Morgan fingerprint density at radius 3 is 2.21 bits per heavy atom. The van der Waals surface area contributed by atoms with E-state index in [1.807, 2.05) is 0 Å². The van der Waals surface area contributed by atoms with E-state index >= 15 is 0 Å². The van der Waals surface area contributed by atoms with Gasteiger partial charge in [-0.05, 0) is 99.9 Å². The fraction of sp³-hybridized carbons (Fsp3) is 0.724. The van der Waals surface area contributed by atoms with Crippen LogP contribution < -0.4 is 11.1 Å². The summed E-state index contributed by atoms with van der Waals surface area (Å²) in [6, 6.07) is 9.38. The summed E-state index contributed by atoms with van der Waals surface area (Å²) in [5.74, 6) is 0.790. The molecular weight excluding hydrogens is 461 g/mol. The highest BCUT2D eigenvalue weighted by molar-refractivity contribution is 5.86. The zero-order valence-corrected chi connectivity index (χ0v) is 22.6. The Kier molecular flexibility index (Phi) is 11.1. The van der Waals surface area contributed by atoms with Crippen LogP contribution in [0.1, 0.15) is 119 Å². The normalized spacial score (nSPS) is 24.5. The number of hydrogen-bond acceptors (Lipinski definition) is 2. The van der Waals surface area contributed by atoms with Gasteiger partial charge in [0, 0.05) is 35.2 Å². The molecule has 192 valence electrons. The van der Waals surface area contributed by atoms with Crippen LogP contribution in [0.3, 0.4) is 0 Å². The van der Waals surface area contributed by atoms with Gasteiger partial charge in [0.15, 0.2) is 0 Å². The third-order valence-corrected chi connectivity index (χ3v) is 8.81. The molecule has 3 saturated carbocycles. The van der Waals surface area contributed by atoms with E-state index in [0.29, 0.717) is 18.1 Å². The maximum atomic E-state index is 6.08. The molecule has 3 fully saturated rings. The number of aromatic nitrogens is 1. The molecule has 0 saturated heterocycles. The van der Waals surface area contributed by atoms with Crippen molar-refractivity contribution in [1.29, 1.82) is 0 Å². The third-order valence-electron chi connectivity index (χ3n) is 8.81. The number of halogens is 2. The molecular formula is C29H47Cl2N3. The Morgan fingerprint density at radius 2 is 1.50 bits per heavy atom. The number of hydrogen-bond donors (Lipinski definition) is 2. The van der Waals surface area contributed by atoms with Crippen LogP contribution in [-0.2, 0) is 6.42 Å². The molecule has 5 rings (SSSR count). The summed E-state index contributed by atoms with van der Waals surface area (Å²) in [6.45, 7) is 1.14. The molecule has 0 atom stereocenters. The van der Waals surface area contributed by atoms with Crippen LogP contribution in [0.2, 0.25) is 0 Å². The van der Waals surface area contributed by atoms with E-state index in [9.17, 15) is 0 Å². The molecule has 2 aromatic rings. The summed E-state index contributed by atoms with van der Waals surface area (Å²) in [4.78, 5) is 0. The van der Waals surface area contributed by atoms with E-state index in [0.717, 1.165) is 12.5 Å². The number of nitrogens with zero attached hydrogens (tertiary/aromatic N) is 1. The molecule has 1 heterocycles. The van der Waals surface area contributed by atoms with Gasteiger partial charge in [-0.1, -0.05) is 44.6 Å². The van der Waals surface area contributed by atoms with Crippen molar-refractivity contribution in [2.45, 2.75) is 127 Å². The van der Waals surface area contributed by atoms with Crippen molar-refractivity contribution in [2.75, 3.05) is 6.54 Å². The monoisotopic (exact) mass is 507 g/mol. The predicted molar refractivity (Wildman–Crippen MR) is 151 cm³/mol. The van der Waals surface area contributed by atoms with Gasteiger partial charge in [0.1, 0.15) is 0 Å². The molecule has 3 aliphatic carbocycles. The van der Waals surface area contributed by atoms with E-state index in [1.165, 1.54) is 108 Å². The van der Waals surface area contributed by atoms with Crippen LogP contribution >= 0.6 is 24.8 Å². The lowest BCUT2D eigenvalue weighted by Gasteiger charge is -2.26. The Labute approximate surface area is 219 Å². The lowest BCUT2D eigenvalue weighted by Crippen LogP contribution is -2.37. The molecule has 0 aliphatic heterocycles. The van der Waals surface area contributed by atoms with E-state index in [-0.39, 0.29) is 24.8 Å². The first-order chi connectivity index (χ1) is 15.8. The Bertz CT molecular complexity index is 860. The molecule has 5 heteroatoms. The second-order valence-electron chi connectivity index (χ2n) is 11.1. The first-order valence-corrected chi connectivity index (χ1v) is 13.9. The van der Waals surface area contributed by atoms with Gasteiger partial charge in [-0.15, -0.1) is 24.8 Å². The highest BCUT2D eigenvalue weighted by atomic mass is 35.5. The highest BCUT2D eigenvalue weighted by Gasteiger charge is 2.22. The molecule has 0 amide bonds. The molecule has 1 aromatic heterocycles. The minimum atomic E-state index is 0. The summed E-state index contributed by atoms with van der Waals surface area (Å²) in [6.07, 6.45) is 23.8. The van der Waals surface area contributed by atoms with E-state index in [2.05, 4.69) is 34.3 Å². The van der Waals surface area contributed by atoms with Crippen LogP contribution in [0.5, 0.6) is 0 Å². The molecule has 0 radical (unpaired) electrons. The Morgan fingerprint density at radius 1 is 0.824 bits per heavy atom. The highest BCUT2D eigenvalue weighted by Crippen LogP contribution is 2.38. The van der Waals surface area contributed by atoms with Crippen LogP contribution in [0, 0.1) is 0 Å². The van der Waals surface area contributed by atoms with Crippen LogP contribution in [0.15, 0.2) is 24.4 Å². The second-order valence-corrected chi connectivity index (χ2v) is 11.1. The standard InChI is InChI=1S/C29H45N3.2ClH/c30-25-14-16-26(17-15-25)31-19-7-10-24-21-32(27-11-5-2-6-12-27)29-18-13-23(20-28(24)29)22-8-3-1-4-9-22;;/h13,18,20-22,25-27,31H,1-12,14-17,19,30H2;2*1H. The first-order valence-electron chi connectivity index (χ1n) is 13.9. The number of benzene rings is 1. The molecule has 0 bridgehead atoms. The van der Waals surface area contributed by atoms with Gasteiger partial charge < -0.3 is 15.6 Å². The van der Waals surface area contributed by atoms with Gasteiger partial charge in [-0.25, -0.2) is 0 Å². The van der Waals surface area contributed by atoms with Crippen molar-refractivity contribution in [3.63, 3.8) is 0 Å². The maximum absolute atomic E-state index is 6.08. The number of aryl methyl sites for hydroxylation is 1. The van der Waals surface area contributed by atoms with Gasteiger partial charge in [0.05, 0.1) is 0 Å². The lowest BCUT2D eigenvalue weighted by molar-refractivity contribution is 0.342. The average Bonchev–Trinajstić information content (AvgIpc) is 3.22. The largest absolute Gasteiger partial charge is 0.344 e. The van der Waals surface area contributed by atoms with Gasteiger partial charge in [-0.2, -0.15) is 0 Å². The second kappa shape index (κ2) is 13.5. The molecule has 3 nitrogen and oxygen atoms in total. The number of nitrogens with two attached hydrogens (primary N) is 1. The molecule has 1 aromatic carbocycles. The molecule has 3 N–H and O–H groups in total. The quantitative estimate of drug-likeness (QED) is 0.374. The summed E-state index contributed by atoms with van der Waals surface area (Å²) in [5, 5.41) is 5.39. The zero-order valence-electron chi connectivity index (χ0n) is 21.0. The van der Waals surface area contributed by atoms with Gasteiger partial charge in [0.2, 0.25) is 0 Å². The average molecular weight is 509 g/mol. The van der Waals surface area contributed by atoms with E-state index < -0.39 is 0 Å². The molecule has 0 spiro atoms. The Hall–Kier alpha value is -0.740. The summed E-state index contributed by atoms with van der Waals surface area (Å²) < 4.78 is 2.67. The van der Waals surface area contributed by atoms with Crippen LogP contribution in [-0.4, -0.2) is 23.2 Å². The number of rotatable bonds is 7. The SMILES string of the molecule is Cl.Cl.NC1CCC(NCCCc2cn(C3CCCCC3)c3ccc(C4CCCCC4)cc23)CC1. The maximum Gasteiger partial charge on any atom is 0.0485 e. The molecule has 34 heavy (non-hydrogen) atoms. The summed E-state index contributed by atoms with van der Waals surface area (Å²) in [5.41, 5.74) is 10.8. The summed E-state index contributed by atoms with van der Waals surface area (Å²) in [7, 11) is 0. The number of nitrogens with one attached hydrogen (secondary N) is 1. The molecule has 3 aliphatic rings. The van der Waals surface area contributed by atoms with E-state index in [4.69, 9.17) is 5.73 Å². The van der Waals surface area contributed by atoms with Crippen molar-refractivity contribution in [1.82, 2.24) is 9.88 Å². The zero-order chi connectivity index (χ0) is 21.8. The minimum absolute atomic E-state index is 0. The van der Waals surface area contributed by atoms with Gasteiger partial charge in [-0.3, -0.25) is 0 Å². The van der Waals surface area contributed by atoms with Crippen molar-refractivity contribution < 1.29 is 0 Å². The van der Waals surface area contributed by atoms with E-state index in [1.54, 1.807) is 16.5 Å². The lowest BCUT2D eigenvalue weighted by atomic mass is 9.83. The third kappa shape index (κ3) is 6.72. The van der Waals surface area contributed by atoms with Crippen molar-refractivity contribution in [3.8, 4) is 0 Å². The summed E-state index contributed by atoms with van der Waals surface area (Å²) >= 11 is 0. The first kappa shape index (κ1) is 27.8. The van der Waals surface area contributed by atoms with Gasteiger partial charge in [0.25, 0.3) is 0 Å². The minimum Gasteiger partial charge on any atom is -0.344 e. The fourth-order valence-electron chi connectivity index (χ4n) is 6.80. The van der Waals surface area contributed by atoms with Crippen molar-refractivity contribution in [3.05, 3.63) is 35.5 Å². The Balaban J connectivity index is 0.00000162. The predicted octanol–water partition coefficient (Wildman–Crippen LogP) is 7.83. The number of fused-ring (bicyclic) bond motifs is 1. The van der Waals surface area contributed by atoms with Crippen LogP contribution in [0.4, 0.5) is 0 Å². The topological polar surface area (TPSA) is 43.0 Å². The van der Waals surface area contributed by atoms with Gasteiger partial charge >= 0.3 is 0 Å². The van der Waals surface area contributed by atoms with Crippen molar-refractivity contribution in [2.24, 2.45) is 5.73 Å². The van der Waals surface area contributed by atoms with Crippen LogP contribution in [0.25, 0.3) is 10.9 Å². The van der Waals surface area contributed by atoms with Crippen molar-refractivity contribution >= 4 is 35.7 Å².